The van der Waals surface area contributed by atoms with Crippen molar-refractivity contribution in [2.24, 2.45) is 5.73 Å². The first-order valence-corrected chi connectivity index (χ1v) is 4.15. The Hall–Kier alpha value is -1.43. The van der Waals surface area contributed by atoms with Crippen LogP contribution in [-0.4, -0.2) is 16.8 Å². The molecule has 0 aromatic carbocycles. The quantitative estimate of drug-likeness (QED) is 0.767. The third-order valence-corrected chi connectivity index (χ3v) is 1.76. The molecule has 0 bridgehead atoms. The lowest BCUT2D eigenvalue weighted by atomic mass is 10.1. The molecule has 6 heteroatoms. The summed E-state index contributed by atoms with van der Waals surface area (Å²) in [6, 6.07) is 1.06. The van der Waals surface area contributed by atoms with Gasteiger partial charge in [-0.25, -0.2) is 0 Å². The highest BCUT2D eigenvalue weighted by Gasteiger charge is 2.31. The van der Waals surface area contributed by atoms with Gasteiger partial charge in [-0.2, -0.15) is 13.2 Å². The normalized spacial score (nSPS) is 13.7. The SMILES string of the molecule is CC(N)C(=O)c1ccc(C(F)(F)F)cn1. The van der Waals surface area contributed by atoms with E-state index >= 15 is 0 Å². The summed E-state index contributed by atoms with van der Waals surface area (Å²) in [5.74, 6) is -0.483. The summed E-state index contributed by atoms with van der Waals surface area (Å²) < 4.78 is 36.4. The Morgan fingerprint density at radius 2 is 2.07 bits per heavy atom. The number of halogens is 3. The summed E-state index contributed by atoms with van der Waals surface area (Å²) in [7, 11) is 0. The molecule has 0 radical (unpaired) electrons. The number of aromatic nitrogens is 1. The second-order valence-electron chi connectivity index (χ2n) is 3.08. The molecule has 0 saturated carbocycles. The Bertz CT molecular complexity index is 357. The van der Waals surface area contributed by atoms with Crippen molar-refractivity contribution >= 4 is 5.78 Å². The van der Waals surface area contributed by atoms with E-state index in [0.717, 1.165) is 12.1 Å². The number of pyridine rings is 1. The molecular weight excluding hydrogens is 209 g/mol. The van der Waals surface area contributed by atoms with Gasteiger partial charge in [0.1, 0.15) is 5.69 Å². The van der Waals surface area contributed by atoms with Crippen LogP contribution in [0.5, 0.6) is 0 Å². The average Bonchev–Trinajstić information content (AvgIpc) is 2.15. The zero-order valence-corrected chi connectivity index (χ0v) is 7.88. The lowest BCUT2D eigenvalue weighted by molar-refractivity contribution is -0.137. The smallest absolute Gasteiger partial charge is 0.321 e. The summed E-state index contributed by atoms with van der Waals surface area (Å²) in [6.45, 7) is 1.45. The molecule has 0 saturated heterocycles. The van der Waals surface area contributed by atoms with Gasteiger partial charge in [-0.05, 0) is 19.1 Å². The minimum absolute atomic E-state index is 0.0574. The first-order valence-electron chi connectivity index (χ1n) is 4.15. The molecule has 0 spiro atoms. The molecule has 3 nitrogen and oxygen atoms in total. The van der Waals surface area contributed by atoms with Gasteiger partial charge in [0.2, 0.25) is 0 Å². The van der Waals surface area contributed by atoms with E-state index in [4.69, 9.17) is 5.73 Å². The van der Waals surface area contributed by atoms with E-state index in [0.29, 0.717) is 6.20 Å². The van der Waals surface area contributed by atoms with E-state index in [-0.39, 0.29) is 5.69 Å². The number of carbonyl (C=O) groups excluding carboxylic acids is 1. The van der Waals surface area contributed by atoms with Crippen molar-refractivity contribution in [2.75, 3.05) is 0 Å². The van der Waals surface area contributed by atoms with Crippen LogP contribution in [0.25, 0.3) is 0 Å². The van der Waals surface area contributed by atoms with Gasteiger partial charge in [-0.1, -0.05) is 0 Å². The third kappa shape index (κ3) is 2.76. The minimum Gasteiger partial charge on any atom is -0.321 e. The van der Waals surface area contributed by atoms with E-state index in [2.05, 4.69) is 4.98 Å². The Morgan fingerprint density at radius 1 is 1.47 bits per heavy atom. The zero-order chi connectivity index (χ0) is 11.6. The van der Waals surface area contributed by atoms with Gasteiger partial charge in [0.15, 0.2) is 5.78 Å². The second kappa shape index (κ2) is 3.98. The predicted octanol–water partition coefficient (Wildman–Crippen LogP) is 1.63. The molecule has 1 aromatic heterocycles. The summed E-state index contributed by atoms with van der Waals surface area (Å²) in [5.41, 5.74) is 4.34. The molecule has 1 rings (SSSR count). The molecule has 15 heavy (non-hydrogen) atoms. The van der Waals surface area contributed by atoms with Crippen LogP contribution < -0.4 is 5.73 Å². The standard InChI is InChI=1S/C9H9F3N2O/c1-5(13)8(15)7-3-2-6(4-14-7)9(10,11)12/h2-5H,13H2,1H3. The predicted molar refractivity (Wildman–Crippen MR) is 47.2 cm³/mol. The largest absolute Gasteiger partial charge is 0.417 e. The molecule has 0 aliphatic carbocycles. The Labute approximate surface area is 84.1 Å². The Morgan fingerprint density at radius 3 is 2.40 bits per heavy atom. The maximum absolute atomic E-state index is 12.1. The Kier molecular flexibility index (Phi) is 3.09. The molecule has 2 N–H and O–H groups in total. The number of Topliss-reactive ketones (excluding diaryl/α,β-unsaturated/α-hetero) is 1. The molecule has 1 aromatic rings. The van der Waals surface area contributed by atoms with Crippen LogP contribution in [0.15, 0.2) is 18.3 Å². The first-order chi connectivity index (χ1) is 6.82. The lowest BCUT2D eigenvalue weighted by Gasteiger charge is -2.07. The monoisotopic (exact) mass is 218 g/mol. The van der Waals surface area contributed by atoms with Gasteiger partial charge in [0.25, 0.3) is 0 Å². The van der Waals surface area contributed by atoms with Crippen molar-refractivity contribution in [3.63, 3.8) is 0 Å². The summed E-state index contributed by atoms with van der Waals surface area (Å²) in [4.78, 5) is 14.7. The highest BCUT2D eigenvalue weighted by atomic mass is 19.4. The summed E-state index contributed by atoms with van der Waals surface area (Å²) in [6.07, 6.45) is -3.82. The number of alkyl halides is 3. The fraction of sp³-hybridized carbons (Fsp3) is 0.333. The van der Waals surface area contributed by atoms with Crippen LogP contribution in [-0.2, 0) is 6.18 Å². The first kappa shape index (κ1) is 11.6. The topological polar surface area (TPSA) is 56.0 Å². The fourth-order valence-electron chi connectivity index (χ4n) is 0.941. The average molecular weight is 218 g/mol. The van der Waals surface area contributed by atoms with Crippen molar-refractivity contribution in [2.45, 2.75) is 19.1 Å². The van der Waals surface area contributed by atoms with Crippen LogP contribution in [0.1, 0.15) is 23.0 Å². The van der Waals surface area contributed by atoms with Crippen LogP contribution in [0.3, 0.4) is 0 Å². The van der Waals surface area contributed by atoms with Gasteiger partial charge in [-0.3, -0.25) is 9.78 Å². The van der Waals surface area contributed by atoms with E-state index in [1.807, 2.05) is 0 Å². The molecule has 1 unspecified atom stereocenters. The molecule has 1 heterocycles. The van der Waals surface area contributed by atoms with Crippen LogP contribution in [0, 0.1) is 0 Å². The van der Waals surface area contributed by atoms with E-state index < -0.39 is 23.6 Å². The van der Waals surface area contributed by atoms with Crippen molar-refractivity contribution in [1.29, 1.82) is 0 Å². The minimum atomic E-state index is -4.44. The number of hydrogen-bond donors (Lipinski definition) is 1. The van der Waals surface area contributed by atoms with Crippen LogP contribution >= 0.6 is 0 Å². The van der Waals surface area contributed by atoms with Crippen LogP contribution in [0.4, 0.5) is 13.2 Å². The Balaban J connectivity index is 2.96. The summed E-state index contributed by atoms with van der Waals surface area (Å²) in [5, 5.41) is 0. The maximum atomic E-state index is 12.1. The van der Waals surface area contributed by atoms with E-state index in [9.17, 15) is 18.0 Å². The molecule has 0 aliphatic heterocycles. The van der Waals surface area contributed by atoms with Gasteiger partial charge < -0.3 is 5.73 Å². The van der Waals surface area contributed by atoms with Crippen molar-refractivity contribution < 1.29 is 18.0 Å². The van der Waals surface area contributed by atoms with Gasteiger partial charge in [0, 0.05) is 6.20 Å². The van der Waals surface area contributed by atoms with E-state index in [1.165, 1.54) is 6.92 Å². The number of nitrogens with two attached hydrogens (primary N) is 1. The van der Waals surface area contributed by atoms with Crippen molar-refractivity contribution in [1.82, 2.24) is 4.98 Å². The van der Waals surface area contributed by atoms with Crippen LogP contribution in [0.2, 0.25) is 0 Å². The van der Waals surface area contributed by atoms with Crippen molar-refractivity contribution in [3.05, 3.63) is 29.6 Å². The highest BCUT2D eigenvalue weighted by molar-refractivity contribution is 5.97. The fourth-order valence-corrected chi connectivity index (χ4v) is 0.941. The van der Waals surface area contributed by atoms with Gasteiger partial charge in [-0.15, -0.1) is 0 Å². The number of ketones is 1. The third-order valence-electron chi connectivity index (χ3n) is 1.76. The molecule has 0 fully saturated rings. The number of rotatable bonds is 2. The zero-order valence-electron chi connectivity index (χ0n) is 7.88. The van der Waals surface area contributed by atoms with E-state index in [1.54, 1.807) is 0 Å². The van der Waals surface area contributed by atoms with Gasteiger partial charge >= 0.3 is 6.18 Å². The number of hydrogen-bond acceptors (Lipinski definition) is 3. The number of carbonyl (C=O) groups is 1. The maximum Gasteiger partial charge on any atom is 0.417 e. The highest BCUT2D eigenvalue weighted by Crippen LogP contribution is 2.28. The van der Waals surface area contributed by atoms with Crippen molar-refractivity contribution in [3.8, 4) is 0 Å². The number of nitrogens with zero attached hydrogens (tertiary/aromatic N) is 1. The summed E-state index contributed by atoms with van der Waals surface area (Å²) >= 11 is 0. The molecule has 82 valence electrons. The second-order valence-corrected chi connectivity index (χ2v) is 3.08. The molecule has 0 aliphatic rings. The van der Waals surface area contributed by atoms with Gasteiger partial charge in [0.05, 0.1) is 11.6 Å². The molecule has 0 amide bonds. The molecule has 1 atom stereocenters. The lowest BCUT2D eigenvalue weighted by Crippen LogP contribution is -2.27. The molecular formula is C9H9F3N2O.